The second-order valence-corrected chi connectivity index (χ2v) is 5.04. The summed E-state index contributed by atoms with van der Waals surface area (Å²) in [5, 5.41) is 23.4. The Kier molecular flexibility index (Phi) is 2.84. The van der Waals surface area contributed by atoms with Crippen molar-refractivity contribution in [2.24, 2.45) is 5.92 Å². The van der Waals surface area contributed by atoms with Gasteiger partial charge in [0.25, 0.3) is 5.69 Å². The SMILES string of the molecule is N#Cc1ccc(N2CC[C@H]3CNC[C@H]32)c([N+](=O)[O-])c1. The lowest BCUT2D eigenvalue weighted by atomic mass is 10.0. The Bertz CT molecular complexity index is 566. The van der Waals surface area contributed by atoms with Crippen molar-refractivity contribution < 1.29 is 4.92 Å². The summed E-state index contributed by atoms with van der Waals surface area (Å²) in [7, 11) is 0. The maximum atomic E-state index is 11.2. The first kappa shape index (κ1) is 11.9. The molecular formula is C13H14N4O2. The zero-order valence-corrected chi connectivity index (χ0v) is 10.4. The van der Waals surface area contributed by atoms with E-state index in [1.54, 1.807) is 12.1 Å². The normalized spacial score (nSPS) is 25.1. The third-order valence-electron chi connectivity index (χ3n) is 4.06. The van der Waals surface area contributed by atoms with Crippen molar-refractivity contribution in [1.29, 1.82) is 5.26 Å². The molecule has 1 aromatic rings. The maximum absolute atomic E-state index is 11.2. The first-order chi connectivity index (χ1) is 9.20. The van der Waals surface area contributed by atoms with Crippen LogP contribution < -0.4 is 10.2 Å². The van der Waals surface area contributed by atoms with Crippen molar-refractivity contribution in [3.63, 3.8) is 0 Å². The van der Waals surface area contributed by atoms with Gasteiger partial charge in [-0.2, -0.15) is 5.26 Å². The van der Waals surface area contributed by atoms with E-state index in [0.29, 0.717) is 23.2 Å². The molecule has 6 nitrogen and oxygen atoms in total. The number of anilines is 1. The van der Waals surface area contributed by atoms with Gasteiger partial charge in [0.05, 0.1) is 16.6 Å². The highest BCUT2D eigenvalue weighted by atomic mass is 16.6. The number of hydrogen-bond acceptors (Lipinski definition) is 5. The molecular weight excluding hydrogens is 244 g/mol. The van der Waals surface area contributed by atoms with E-state index in [1.807, 2.05) is 6.07 Å². The Balaban J connectivity index is 2.00. The molecule has 2 saturated heterocycles. The smallest absolute Gasteiger partial charge is 0.293 e. The van der Waals surface area contributed by atoms with Gasteiger partial charge in [-0.1, -0.05) is 0 Å². The minimum Gasteiger partial charge on any atom is -0.361 e. The molecule has 0 aliphatic carbocycles. The molecule has 1 N–H and O–H groups in total. The van der Waals surface area contributed by atoms with Crippen LogP contribution in [0.3, 0.4) is 0 Å². The van der Waals surface area contributed by atoms with Gasteiger partial charge < -0.3 is 10.2 Å². The highest BCUT2D eigenvalue weighted by Gasteiger charge is 2.39. The summed E-state index contributed by atoms with van der Waals surface area (Å²) in [6, 6.07) is 7.01. The van der Waals surface area contributed by atoms with Crippen LogP contribution in [-0.2, 0) is 0 Å². The lowest BCUT2D eigenvalue weighted by Gasteiger charge is -2.25. The fraction of sp³-hybridized carbons (Fsp3) is 0.462. The molecule has 0 amide bonds. The molecule has 2 heterocycles. The molecule has 98 valence electrons. The van der Waals surface area contributed by atoms with Crippen molar-refractivity contribution in [2.75, 3.05) is 24.5 Å². The number of nitrogens with zero attached hydrogens (tertiary/aromatic N) is 3. The highest BCUT2D eigenvalue weighted by Crippen LogP contribution is 2.37. The number of nitro groups is 1. The van der Waals surface area contributed by atoms with E-state index in [9.17, 15) is 10.1 Å². The fourth-order valence-corrected chi connectivity index (χ4v) is 3.13. The van der Waals surface area contributed by atoms with Crippen LogP contribution in [0.15, 0.2) is 18.2 Å². The average Bonchev–Trinajstić information content (AvgIpc) is 3.00. The molecule has 6 heteroatoms. The Morgan fingerprint density at radius 2 is 2.32 bits per heavy atom. The van der Waals surface area contributed by atoms with Gasteiger partial charge >= 0.3 is 0 Å². The molecule has 3 rings (SSSR count). The molecule has 2 atom stereocenters. The summed E-state index contributed by atoms with van der Waals surface area (Å²) >= 11 is 0. The van der Waals surface area contributed by atoms with E-state index >= 15 is 0 Å². The van der Waals surface area contributed by atoms with Gasteiger partial charge in [-0.15, -0.1) is 0 Å². The lowest BCUT2D eigenvalue weighted by Crippen LogP contribution is -2.34. The molecule has 0 bridgehead atoms. The van der Waals surface area contributed by atoms with Gasteiger partial charge in [0.1, 0.15) is 5.69 Å². The summed E-state index contributed by atoms with van der Waals surface area (Å²) in [4.78, 5) is 12.9. The molecule has 2 aliphatic rings. The average molecular weight is 258 g/mol. The zero-order valence-electron chi connectivity index (χ0n) is 10.4. The van der Waals surface area contributed by atoms with Gasteiger partial charge in [-0.3, -0.25) is 10.1 Å². The highest BCUT2D eigenvalue weighted by molar-refractivity contribution is 5.67. The van der Waals surface area contributed by atoms with Crippen LogP contribution in [0.2, 0.25) is 0 Å². The Morgan fingerprint density at radius 1 is 1.47 bits per heavy atom. The largest absolute Gasteiger partial charge is 0.361 e. The minimum atomic E-state index is -0.397. The van der Waals surface area contributed by atoms with Crippen LogP contribution in [0.25, 0.3) is 0 Å². The number of hydrogen-bond donors (Lipinski definition) is 1. The summed E-state index contributed by atoms with van der Waals surface area (Å²) in [6.07, 6.45) is 1.06. The van der Waals surface area contributed by atoms with Crippen molar-refractivity contribution in [2.45, 2.75) is 12.5 Å². The monoisotopic (exact) mass is 258 g/mol. The van der Waals surface area contributed by atoms with Crippen molar-refractivity contribution in [3.8, 4) is 6.07 Å². The Hall–Kier alpha value is -2.13. The topological polar surface area (TPSA) is 82.2 Å². The van der Waals surface area contributed by atoms with Crippen molar-refractivity contribution in [1.82, 2.24) is 5.32 Å². The number of rotatable bonds is 2. The van der Waals surface area contributed by atoms with Gasteiger partial charge in [0, 0.05) is 31.7 Å². The molecule has 19 heavy (non-hydrogen) atoms. The number of fused-ring (bicyclic) bond motifs is 1. The standard InChI is InChI=1S/C13H14N4O2/c14-6-9-1-2-11(12(5-9)17(18)19)16-4-3-10-7-15-8-13(10)16/h1-2,5,10,13,15H,3-4,7-8H2/t10-,13+/m0/s1. The van der Waals surface area contributed by atoms with Crippen LogP contribution in [0, 0.1) is 27.4 Å². The molecule has 0 unspecified atom stereocenters. The summed E-state index contributed by atoms with van der Waals surface area (Å²) in [5.74, 6) is 0.579. The Labute approximate surface area is 110 Å². The fourth-order valence-electron chi connectivity index (χ4n) is 3.13. The van der Waals surface area contributed by atoms with Crippen molar-refractivity contribution in [3.05, 3.63) is 33.9 Å². The molecule has 0 radical (unpaired) electrons. The van der Waals surface area contributed by atoms with Crippen LogP contribution >= 0.6 is 0 Å². The zero-order chi connectivity index (χ0) is 13.4. The number of nitriles is 1. The van der Waals surface area contributed by atoms with Crippen LogP contribution in [0.1, 0.15) is 12.0 Å². The van der Waals surface area contributed by atoms with Crippen LogP contribution in [0.4, 0.5) is 11.4 Å². The third-order valence-corrected chi connectivity index (χ3v) is 4.06. The predicted octanol–water partition coefficient (Wildman–Crippen LogP) is 1.26. The quantitative estimate of drug-likeness (QED) is 0.638. The summed E-state index contributed by atoms with van der Waals surface area (Å²) < 4.78 is 0. The van der Waals surface area contributed by atoms with Crippen LogP contribution in [0.5, 0.6) is 0 Å². The van der Waals surface area contributed by atoms with Gasteiger partial charge in [-0.25, -0.2) is 0 Å². The molecule has 0 saturated carbocycles. The van der Waals surface area contributed by atoms with Gasteiger partial charge in [0.15, 0.2) is 0 Å². The first-order valence-corrected chi connectivity index (χ1v) is 6.36. The molecule has 1 aromatic carbocycles. The Morgan fingerprint density at radius 3 is 3.05 bits per heavy atom. The predicted molar refractivity (Wildman–Crippen MR) is 69.9 cm³/mol. The maximum Gasteiger partial charge on any atom is 0.293 e. The van der Waals surface area contributed by atoms with Gasteiger partial charge in [-0.05, 0) is 24.5 Å². The number of nitrogens with one attached hydrogen (secondary N) is 1. The number of nitro benzene ring substituents is 1. The number of benzene rings is 1. The minimum absolute atomic E-state index is 0.0339. The second-order valence-electron chi connectivity index (χ2n) is 5.04. The van der Waals surface area contributed by atoms with Crippen molar-refractivity contribution >= 4 is 11.4 Å². The molecule has 2 fully saturated rings. The van der Waals surface area contributed by atoms with E-state index in [2.05, 4.69) is 10.2 Å². The summed E-state index contributed by atoms with van der Waals surface area (Å²) in [6.45, 7) is 2.72. The molecule has 0 spiro atoms. The molecule has 2 aliphatic heterocycles. The lowest BCUT2D eigenvalue weighted by molar-refractivity contribution is -0.384. The van der Waals surface area contributed by atoms with E-state index < -0.39 is 4.92 Å². The molecule has 0 aromatic heterocycles. The first-order valence-electron chi connectivity index (χ1n) is 6.36. The van der Waals surface area contributed by atoms with E-state index in [0.717, 1.165) is 26.1 Å². The third kappa shape index (κ3) is 1.92. The summed E-state index contributed by atoms with van der Waals surface area (Å²) in [5.41, 5.74) is 1.00. The second kappa shape index (κ2) is 4.52. The van der Waals surface area contributed by atoms with E-state index in [4.69, 9.17) is 5.26 Å². The van der Waals surface area contributed by atoms with Gasteiger partial charge in [0.2, 0.25) is 0 Å². The van der Waals surface area contributed by atoms with Crippen LogP contribution in [-0.4, -0.2) is 30.6 Å². The van der Waals surface area contributed by atoms with E-state index in [1.165, 1.54) is 6.07 Å². The van der Waals surface area contributed by atoms with E-state index in [-0.39, 0.29) is 5.69 Å².